The standard InChI is InChI=1S/C17H13FN2O4/c1-22-15-7-12-14(8-13(15)18)19-9-20-16(12)24-11-5-3-10(4-6-11)17(21)23-2/h3-9H,1-2H3. The molecule has 1 aromatic heterocycles. The molecular formula is C17H13FN2O4. The number of methoxy groups -OCH3 is 2. The summed E-state index contributed by atoms with van der Waals surface area (Å²) >= 11 is 0. The number of carbonyl (C=O) groups excluding carboxylic acids is 1. The fraction of sp³-hybridized carbons (Fsp3) is 0.118. The minimum absolute atomic E-state index is 0.0724. The zero-order valence-electron chi connectivity index (χ0n) is 12.9. The fourth-order valence-corrected chi connectivity index (χ4v) is 2.16. The molecule has 24 heavy (non-hydrogen) atoms. The molecule has 0 atom stereocenters. The van der Waals surface area contributed by atoms with Crippen LogP contribution in [0.25, 0.3) is 10.9 Å². The largest absolute Gasteiger partial charge is 0.494 e. The number of fused-ring (bicyclic) bond motifs is 1. The van der Waals surface area contributed by atoms with E-state index in [-0.39, 0.29) is 11.6 Å². The van der Waals surface area contributed by atoms with Gasteiger partial charge in [0.25, 0.3) is 0 Å². The predicted molar refractivity (Wildman–Crippen MR) is 83.9 cm³/mol. The van der Waals surface area contributed by atoms with Gasteiger partial charge in [0.05, 0.1) is 30.7 Å². The first kappa shape index (κ1) is 15.7. The highest BCUT2D eigenvalue weighted by Gasteiger charge is 2.12. The highest BCUT2D eigenvalue weighted by molar-refractivity contribution is 5.89. The average Bonchev–Trinajstić information content (AvgIpc) is 2.61. The Morgan fingerprint density at radius 2 is 1.83 bits per heavy atom. The van der Waals surface area contributed by atoms with Gasteiger partial charge in [-0.15, -0.1) is 0 Å². The molecule has 122 valence electrons. The smallest absolute Gasteiger partial charge is 0.337 e. The van der Waals surface area contributed by atoms with Gasteiger partial charge < -0.3 is 14.2 Å². The number of halogens is 1. The van der Waals surface area contributed by atoms with Crippen molar-refractivity contribution in [1.82, 2.24) is 9.97 Å². The summed E-state index contributed by atoms with van der Waals surface area (Å²) < 4.78 is 29.1. The van der Waals surface area contributed by atoms with Gasteiger partial charge in [0.15, 0.2) is 11.6 Å². The zero-order valence-corrected chi connectivity index (χ0v) is 12.9. The number of aromatic nitrogens is 2. The number of hydrogen-bond acceptors (Lipinski definition) is 6. The number of hydrogen-bond donors (Lipinski definition) is 0. The third-order valence-electron chi connectivity index (χ3n) is 3.36. The Balaban J connectivity index is 1.96. The summed E-state index contributed by atoms with van der Waals surface area (Å²) in [6, 6.07) is 9.10. The molecule has 0 saturated carbocycles. The topological polar surface area (TPSA) is 70.5 Å². The van der Waals surface area contributed by atoms with Crippen LogP contribution in [-0.4, -0.2) is 30.2 Å². The third-order valence-corrected chi connectivity index (χ3v) is 3.36. The maximum atomic E-state index is 13.8. The summed E-state index contributed by atoms with van der Waals surface area (Å²) in [5.41, 5.74) is 0.797. The molecule has 0 radical (unpaired) electrons. The summed E-state index contributed by atoms with van der Waals surface area (Å²) in [5, 5.41) is 0.507. The van der Waals surface area contributed by atoms with Crippen molar-refractivity contribution in [3.05, 3.63) is 54.1 Å². The van der Waals surface area contributed by atoms with E-state index in [9.17, 15) is 9.18 Å². The molecule has 3 rings (SSSR count). The van der Waals surface area contributed by atoms with Gasteiger partial charge in [0, 0.05) is 6.07 Å². The number of esters is 1. The molecule has 0 unspecified atom stereocenters. The first-order valence-corrected chi connectivity index (χ1v) is 6.97. The number of carbonyl (C=O) groups is 1. The van der Waals surface area contributed by atoms with Gasteiger partial charge in [0.2, 0.25) is 5.88 Å². The first-order valence-electron chi connectivity index (χ1n) is 6.97. The Bertz CT molecular complexity index is 897. The van der Waals surface area contributed by atoms with Crippen molar-refractivity contribution < 1.29 is 23.4 Å². The van der Waals surface area contributed by atoms with Gasteiger partial charge in [-0.05, 0) is 30.3 Å². The molecule has 2 aromatic carbocycles. The molecule has 6 nitrogen and oxygen atoms in total. The quantitative estimate of drug-likeness (QED) is 0.684. The lowest BCUT2D eigenvalue weighted by Crippen LogP contribution is -2.00. The van der Waals surface area contributed by atoms with E-state index in [0.29, 0.717) is 22.2 Å². The summed E-state index contributed by atoms with van der Waals surface area (Å²) in [4.78, 5) is 19.5. The highest BCUT2D eigenvalue weighted by atomic mass is 19.1. The van der Waals surface area contributed by atoms with Crippen LogP contribution in [0.1, 0.15) is 10.4 Å². The van der Waals surface area contributed by atoms with Crippen LogP contribution >= 0.6 is 0 Å². The summed E-state index contributed by atoms with van der Waals surface area (Å²) in [5.74, 6) is -0.162. The van der Waals surface area contributed by atoms with Crippen LogP contribution in [0, 0.1) is 5.82 Å². The van der Waals surface area contributed by atoms with Crippen LogP contribution in [0.15, 0.2) is 42.7 Å². The van der Waals surface area contributed by atoms with Gasteiger partial charge in [-0.1, -0.05) is 0 Å². The van der Waals surface area contributed by atoms with Crippen LogP contribution in [0.5, 0.6) is 17.4 Å². The molecule has 0 aliphatic rings. The second-order valence-corrected chi connectivity index (χ2v) is 4.80. The molecular weight excluding hydrogens is 315 g/mol. The van der Waals surface area contributed by atoms with Crippen molar-refractivity contribution in [2.75, 3.05) is 14.2 Å². The van der Waals surface area contributed by atoms with Crippen LogP contribution in [0.2, 0.25) is 0 Å². The molecule has 0 bridgehead atoms. The Morgan fingerprint density at radius 3 is 2.50 bits per heavy atom. The monoisotopic (exact) mass is 328 g/mol. The number of rotatable bonds is 4. The van der Waals surface area contributed by atoms with Gasteiger partial charge in [-0.25, -0.2) is 19.2 Å². The van der Waals surface area contributed by atoms with E-state index in [1.807, 2.05) is 0 Å². The van der Waals surface area contributed by atoms with Crippen LogP contribution in [0.3, 0.4) is 0 Å². The van der Waals surface area contributed by atoms with Gasteiger partial charge >= 0.3 is 5.97 Å². The lowest BCUT2D eigenvalue weighted by atomic mass is 10.2. The zero-order chi connectivity index (χ0) is 17.1. The lowest BCUT2D eigenvalue weighted by Gasteiger charge is -2.09. The Morgan fingerprint density at radius 1 is 1.08 bits per heavy atom. The molecule has 0 N–H and O–H groups in total. The van der Waals surface area contributed by atoms with E-state index in [1.165, 1.54) is 32.7 Å². The highest BCUT2D eigenvalue weighted by Crippen LogP contribution is 2.31. The molecule has 0 aliphatic carbocycles. The minimum atomic E-state index is -0.517. The average molecular weight is 328 g/mol. The van der Waals surface area contributed by atoms with Crippen molar-refractivity contribution in [1.29, 1.82) is 0 Å². The normalized spacial score (nSPS) is 10.5. The molecule has 0 spiro atoms. The van der Waals surface area contributed by atoms with E-state index >= 15 is 0 Å². The predicted octanol–water partition coefficient (Wildman–Crippen LogP) is 3.36. The SMILES string of the molecule is COC(=O)c1ccc(Oc2ncnc3cc(F)c(OC)cc23)cc1. The van der Waals surface area contributed by atoms with E-state index in [4.69, 9.17) is 9.47 Å². The Hall–Kier alpha value is -3.22. The number of ether oxygens (including phenoxy) is 3. The van der Waals surface area contributed by atoms with Crippen molar-refractivity contribution >= 4 is 16.9 Å². The molecule has 0 aliphatic heterocycles. The van der Waals surface area contributed by atoms with E-state index < -0.39 is 11.8 Å². The van der Waals surface area contributed by atoms with Crippen LogP contribution in [0.4, 0.5) is 4.39 Å². The van der Waals surface area contributed by atoms with Crippen molar-refractivity contribution in [3.63, 3.8) is 0 Å². The maximum Gasteiger partial charge on any atom is 0.337 e. The lowest BCUT2D eigenvalue weighted by molar-refractivity contribution is 0.0600. The molecule has 7 heteroatoms. The number of nitrogens with zero attached hydrogens (tertiary/aromatic N) is 2. The summed E-state index contributed by atoms with van der Waals surface area (Å²) in [6.07, 6.45) is 1.28. The van der Waals surface area contributed by atoms with Gasteiger partial charge in [0.1, 0.15) is 12.1 Å². The van der Waals surface area contributed by atoms with Crippen LogP contribution < -0.4 is 9.47 Å². The van der Waals surface area contributed by atoms with E-state index in [0.717, 1.165) is 0 Å². The second kappa shape index (κ2) is 6.49. The van der Waals surface area contributed by atoms with E-state index in [1.54, 1.807) is 24.3 Å². The van der Waals surface area contributed by atoms with Crippen molar-refractivity contribution in [2.45, 2.75) is 0 Å². The van der Waals surface area contributed by atoms with Gasteiger partial charge in [-0.2, -0.15) is 0 Å². The Labute approximate surface area is 136 Å². The first-order chi connectivity index (χ1) is 11.6. The van der Waals surface area contributed by atoms with E-state index in [2.05, 4.69) is 14.7 Å². The van der Waals surface area contributed by atoms with Gasteiger partial charge in [-0.3, -0.25) is 0 Å². The summed E-state index contributed by atoms with van der Waals surface area (Å²) in [6.45, 7) is 0. The minimum Gasteiger partial charge on any atom is -0.494 e. The van der Waals surface area contributed by atoms with Crippen molar-refractivity contribution in [3.8, 4) is 17.4 Å². The molecule has 0 saturated heterocycles. The maximum absolute atomic E-state index is 13.8. The third kappa shape index (κ3) is 2.96. The molecule has 3 aromatic rings. The van der Waals surface area contributed by atoms with Crippen LogP contribution in [-0.2, 0) is 4.74 Å². The summed E-state index contributed by atoms with van der Waals surface area (Å²) in [7, 11) is 2.69. The molecule has 1 heterocycles. The fourth-order valence-electron chi connectivity index (χ4n) is 2.16. The Kier molecular flexibility index (Phi) is 4.24. The molecule has 0 amide bonds. The number of benzene rings is 2. The molecule has 0 fully saturated rings. The second-order valence-electron chi connectivity index (χ2n) is 4.80. The van der Waals surface area contributed by atoms with Crippen molar-refractivity contribution in [2.24, 2.45) is 0 Å².